The highest BCUT2D eigenvalue weighted by molar-refractivity contribution is 8.14. The van der Waals surface area contributed by atoms with E-state index in [1.807, 2.05) is 0 Å². The van der Waals surface area contributed by atoms with Crippen LogP contribution in [0.2, 0.25) is 0 Å². The summed E-state index contributed by atoms with van der Waals surface area (Å²) in [4.78, 5) is 10.8. The molecule has 0 aliphatic carbocycles. The van der Waals surface area contributed by atoms with Crippen LogP contribution in [0.3, 0.4) is 0 Å². The Morgan fingerprint density at radius 2 is 2.56 bits per heavy atom. The summed E-state index contributed by atoms with van der Waals surface area (Å²) in [6, 6.07) is 0. The highest BCUT2D eigenvalue weighted by Gasteiger charge is 2.17. The predicted octanol–water partition coefficient (Wildman–Crippen LogP) is 2.21. The van der Waals surface area contributed by atoms with Gasteiger partial charge >= 0.3 is 0 Å². The molecule has 0 aromatic rings. The Morgan fingerprint density at radius 1 is 1.78 bits per heavy atom. The van der Waals surface area contributed by atoms with Gasteiger partial charge in [-0.2, -0.15) is 0 Å². The van der Waals surface area contributed by atoms with Gasteiger partial charge in [0.25, 0.3) is 0 Å². The zero-order valence-electron chi connectivity index (χ0n) is 5.72. The van der Waals surface area contributed by atoms with Crippen LogP contribution in [0.4, 0.5) is 0 Å². The third-order valence-electron chi connectivity index (χ3n) is 1.66. The lowest BCUT2D eigenvalue weighted by atomic mass is 10.1. The maximum absolute atomic E-state index is 10.8. The first-order valence-electron chi connectivity index (χ1n) is 3.52. The van der Waals surface area contributed by atoms with Crippen molar-refractivity contribution in [3.63, 3.8) is 0 Å². The SMILES string of the molecule is CCC1CCCC(=O)S1. The molecule has 0 aromatic heterocycles. The molecule has 0 radical (unpaired) electrons. The first kappa shape index (κ1) is 7.13. The summed E-state index contributed by atoms with van der Waals surface area (Å²) in [5, 5.41) is 1.03. The van der Waals surface area contributed by atoms with Crippen molar-refractivity contribution in [1.82, 2.24) is 0 Å². The van der Waals surface area contributed by atoms with E-state index in [1.54, 1.807) is 11.8 Å². The van der Waals surface area contributed by atoms with Crippen molar-refractivity contribution in [2.24, 2.45) is 0 Å². The van der Waals surface area contributed by atoms with Gasteiger partial charge in [-0.25, -0.2) is 0 Å². The molecule has 0 bridgehead atoms. The summed E-state index contributed by atoms with van der Waals surface area (Å²) in [6.07, 6.45) is 4.31. The number of carbonyl (C=O) groups is 1. The average Bonchev–Trinajstić information content (AvgIpc) is 1.88. The molecule has 0 amide bonds. The Balaban J connectivity index is 2.32. The van der Waals surface area contributed by atoms with E-state index in [4.69, 9.17) is 0 Å². The molecular formula is C7H12OS. The van der Waals surface area contributed by atoms with E-state index >= 15 is 0 Å². The van der Waals surface area contributed by atoms with Gasteiger partial charge in [0.2, 0.25) is 0 Å². The van der Waals surface area contributed by atoms with Crippen LogP contribution in [0.1, 0.15) is 32.6 Å². The number of thioether (sulfide) groups is 1. The van der Waals surface area contributed by atoms with Gasteiger partial charge in [0.05, 0.1) is 0 Å². The van der Waals surface area contributed by atoms with Crippen LogP contribution in [-0.4, -0.2) is 10.4 Å². The Morgan fingerprint density at radius 3 is 3.00 bits per heavy atom. The number of rotatable bonds is 1. The largest absolute Gasteiger partial charge is 0.287 e. The molecule has 1 aliphatic heterocycles. The van der Waals surface area contributed by atoms with Gasteiger partial charge < -0.3 is 0 Å². The molecule has 0 saturated carbocycles. The van der Waals surface area contributed by atoms with Gasteiger partial charge in [0, 0.05) is 11.7 Å². The number of hydrogen-bond acceptors (Lipinski definition) is 2. The van der Waals surface area contributed by atoms with Crippen molar-refractivity contribution >= 4 is 16.9 Å². The summed E-state index contributed by atoms with van der Waals surface area (Å²) in [5.41, 5.74) is 0. The van der Waals surface area contributed by atoms with E-state index in [0.717, 1.165) is 19.3 Å². The minimum Gasteiger partial charge on any atom is -0.287 e. The van der Waals surface area contributed by atoms with E-state index in [0.29, 0.717) is 10.4 Å². The molecule has 1 saturated heterocycles. The molecule has 1 rings (SSSR count). The zero-order valence-corrected chi connectivity index (χ0v) is 6.54. The van der Waals surface area contributed by atoms with Crippen LogP contribution in [0.15, 0.2) is 0 Å². The number of hydrogen-bond donors (Lipinski definition) is 0. The molecule has 1 fully saturated rings. The van der Waals surface area contributed by atoms with Gasteiger partial charge in [-0.3, -0.25) is 4.79 Å². The molecule has 1 heterocycles. The first-order chi connectivity index (χ1) is 4.33. The molecule has 52 valence electrons. The first-order valence-corrected chi connectivity index (χ1v) is 4.40. The molecule has 1 aliphatic rings. The normalized spacial score (nSPS) is 28.6. The monoisotopic (exact) mass is 144 g/mol. The van der Waals surface area contributed by atoms with Gasteiger partial charge in [0.15, 0.2) is 5.12 Å². The minimum atomic E-state index is 0.396. The van der Waals surface area contributed by atoms with Crippen molar-refractivity contribution in [2.75, 3.05) is 0 Å². The van der Waals surface area contributed by atoms with Crippen LogP contribution < -0.4 is 0 Å². The smallest absolute Gasteiger partial charge is 0.189 e. The Hall–Kier alpha value is 0.0200. The Kier molecular flexibility index (Phi) is 2.58. The van der Waals surface area contributed by atoms with Gasteiger partial charge in [-0.15, -0.1) is 0 Å². The average molecular weight is 144 g/mol. The molecular weight excluding hydrogens is 132 g/mol. The van der Waals surface area contributed by atoms with Crippen LogP contribution in [0.25, 0.3) is 0 Å². The lowest BCUT2D eigenvalue weighted by molar-refractivity contribution is -0.111. The topological polar surface area (TPSA) is 17.1 Å². The maximum atomic E-state index is 10.8. The van der Waals surface area contributed by atoms with E-state index in [-0.39, 0.29) is 0 Å². The summed E-state index contributed by atoms with van der Waals surface area (Å²) in [7, 11) is 0. The highest BCUT2D eigenvalue weighted by atomic mass is 32.2. The second kappa shape index (κ2) is 3.25. The molecule has 2 heteroatoms. The summed E-state index contributed by atoms with van der Waals surface area (Å²) in [5.74, 6) is 0. The fraction of sp³-hybridized carbons (Fsp3) is 0.857. The van der Waals surface area contributed by atoms with Crippen LogP contribution in [-0.2, 0) is 4.79 Å². The predicted molar refractivity (Wildman–Crippen MR) is 40.5 cm³/mol. The number of carbonyl (C=O) groups excluding carboxylic acids is 1. The van der Waals surface area contributed by atoms with E-state index in [2.05, 4.69) is 6.92 Å². The fourth-order valence-corrected chi connectivity index (χ4v) is 2.15. The molecule has 1 nitrogen and oxygen atoms in total. The summed E-state index contributed by atoms with van der Waals surface area (Å²) in [6.45, 7) is 2.15. The van der Waals surface area contributed by atoms with Gasteiger partial charge in [-0.1, -0.05) is 18.7 Å². The second-order valence-corrected chi connectivity index (χ2v) is 3.77. The standard InChI is InChI=1S/C7H12OS/c1-2-6-4-3-5-7(8)9-6/h6H,2-5H2,1H3. The third-order valence-corrected chi connectivity index (χ3v) is 3.03. The molecule has 9 heavy (non-hydrogen) atoms. The van der Waals surface area contributed by atoms with Crippen molar-refractivity contribution in [1.29, 1.82) is 0 Å². The van der Waals surface area contributed by atoms with Gasteiger partial charge in [0.1, 0.15) is 0 Å². The lowest BCUT2D eigenvalue weighted by Gasteiger charge is -2.17. The van der Waals surface area contributed by atoms with Crippen LogP contribution in [0.5, 0.6) is 0 Å². The quantitative estimate of drug-likeness (QED) is 0.561. The highest BCUT2D eigenvalue weighted by Crippen LogP contribution is 2.28. The Bertz CT molecular complexity index is 111. The third kappa shape index (κ3) is 2.01. The van der Waals surface area contributed by atoms with Crippen molar-refractivity contribution in [3.8, 4) is 0 Å². The lowest BCUT2D eigenvalue weighted by Crippen LogP contribution is -2.11. The maximum Gasteiger partial charge on any atom is 0.189 e. The van der Waals surface area contributed by atoms with Gasteiger partial charge in [-0.05, 0) is 19.3 Å². The van der Waals surface area contributed by atoms with E-state index in [9.17, 15) is 4.79 Å². The van der Waals surface area contributed by atoms with Crippen molar-refractivity contribution in [2.45, 2.75) is 37.9 Å². The van der Waals surface area contributed by atoms with E-state index < -0.39 is 0 Å². The van der Waals surface area contributed by atoms with Crippen LogP contribution >= 0.6 is 11.8 Å². The molecule has 1 unspecified atom stereocenters. The minimum absolute atomic E-state index is 0.396. The Labute approximate surface area is 60.2 Å². The van der Waals surface area contributed by atoms with E-state index in [1.165, 1.54) is 6.42 Å². The zero-order chi connectivity index (χ0) is 6.69. The summed E-state index contributed by atoms with van der Waals surface area (Å²) < 4.78 is 0. The van der Waals surface area contributed by atoms with Crippen molar-refractivity contribution < 1.29 is 4.79 Å². The summed E-state index contributed by atoms with van der Waals surface area (Å²) >= 11 is 1.55. The van der Waals surface area contributed by atoms with Crippen LogP contribution in [0, 0.1) is 0 Å². The molecule has 0 N–H and O–H groups in total. The molecule has 1 atom stereocenters. The fourth-order valence-electron chi connectivity index (χ4n) is 1.07. The molecule has 0 spiro atoms. The van der Waals surface area contributed by atoms with Crippen molar-refractivity contribution in [3.05, 3.63) is 0 Å². The molecule has 0 aromatic carbocycles. The second-order valence-electron chi connectivity index (χ2n) is 2.41.